The van der Waals surface area contributed by atoms with Gasteiger partial charge < -0.3 is 20.9 Å². The van der Waals surface area contributed by atoms with E-state index in [1.165, 1.54) is 12.1 Å². The van der Waals surface area contributed by atoms with Crippen LogP contribution >= 0.6 is 15.9 Å². The third-order valence-corrected chi connectivity index (χ3v) is 1.82. The van der Waals surface area contributed by atoms with Crippen molar-refractivity contribution in [2.75, 3.05) is 0 Å². The first kappa shape index (κ1) is 11.3. The summed E-state index contributed by atoms with van der Waals surface area (Å²) in [5.74, 6) is 0.0279. The molecule has 0 fully saturated rings. The van der Waals surface area contributed by atoms with Crippen molar-refractivity contribution in [2.24, 2.45) is 11.5 Å². The van der Waals surface area contributed by atoms with E-state index in [1.54, 1.807) is 6.07 Å². The summed E-state index contributed by atoms with van der Waals surface area (Å²) in [5.41, 5.74) is 9.64. The van der Waals surface area contributed by atoms with Gasteiger partial charge in [-0.15, -0.1) is 0 Å². The number of benzene rings is 1. The molecule has 0 aromatic heterocycles. The quantitative estimate of drug-likeness (QED) is 0.850. The highest BCUT2D eigenvalue weighted by atomic mass is 79.9. The molecule has 0 heterocycles. The predicted octanol–water partition coefficient (Wildman–Crippen LogP) is 1.36. The molecule has 1 aromatic rings. The first-order chi connectivity index (χ1) is 6.99. The number of nitrogens with two attached hydrogens (primary N) is 2. The number of hydrogen-bond acceptors (Lipinski definition) is 4. The maximum atomic E-state index is 10.5. The van der Waals surface area contributed by atoms with Gasteiger partial charge in [-0.3, -0.25) is 0 Å². The summed E-state index contributed by atoms with van der Waals surface area (Å²) in [7, 11) is 0. The molecular formula is C8H7BrN2O4. The summed E-state index contributed by atoms with van der Waals surface area (Å²) < 4.78 is 9.82. The second-order valence-electron chi connectivity index (χ2n) is 2.43. The average molecular weight is 275 g/mol. The molecule has 0 spiro atoms. The molecule has 0 radical (unpaired) electrons. The Morgan fingerprint density at radius 3 is 2.13 bits per heavy atom. The largest absolute Gasteiger partial charge is 0.410 e. The summed E-state index contributed by atoms with van der Waals surface area (Å²) in [5, 5.41) is 0. The molecule has 0 aliphatic rings. The first-order valence-corrected chi connectivity index (χ1v) is 4.52. The topological polar surface area (TPSA) is 105 Å². The van der Waals surface area contributed by atoms with E-state index in [-0.39, 0.29) is 11.5 Å². The highest BCUT2D eigenvalue weighted by molar-refractivity contribution is 9.10. The van der Waals surface area contributed by atoms with Gasteiger partial charge in [0.1, 0.15) is 0 Å². The van der Waals surface area contributed by atoms with E-state index in [1.807, 2.05) is 0 Å². The van der Waals surface area contributed by atoms with Crippen LogP contribution in [0.3, 0.4) is 0 Å². The monoisotopic (exact) mass is 274 g/mol. The number of carbonyl (C=O) groups is 2. The Labute approximate surface area is 93.3 Å². The molecule has 15 heavy (non-hydrogen) atoms. The van der Waals surface area contributed by atoms with Crippen LogP contribution < -0.4 is 20.9 Å². The standard InChI is InChI=1S/C8H7BrN2O4/c9-4-1-2-5(14-7(10)12)6(3-4)15-8(11)13/h1-3H,(H2,10,12)(H2,11,13). The van der Waals surface area contributed by atoms with Gasteiger partial charge in [0.15, 0.2) is 11.5 Å². The van der Waals surface area contributed by atoms with Crippen LogP contribution in [-0.4, -0.2) is 12.2 Å². The van der Waals surface area contributed by atoms with E-state index in [9.17, 15) is 9.59 Å². The second-order valence-corrected chi connectivity index (χ2v) is 3.35. The highest BCUT2D eigenvalue weighted by Gasteiger charge is 2.10. The Kier molecular flexibility index (Phi) is 3.51. The lowest BCUT2D eigenvalue weighted by Gasteiger charge is -2.07. The van der Waals surface area contributed by atoms with Crippen molar-refractivity contribution in [2.45, 2.75) is 0 Å². The van der Waals surface area contributed by atoms with E-state index in [4.69, 9.17) is 11.5 Å². The van der Waals surface area contributed by atoms with Gasteiger partial charge in [0.05, 0.1) is 0 Å². The van der Waals surface area contributed by atoms with Crippen LogP contribution in [0.2, 0.25) is 0 Å². The molecule has 80 valence electrons. The van der Waals surface area contributed by atoms with Crippen molar-refractivity contribution >= 4 is 28.1 Å². The molecule has 1 aromatic carbocycles. The van der Waals surface area contributed by atoms with Crippen molar-refractivity contribution in [3.05, 3.63) is 22.7 Å². The van der Waals surface area contributed by atoms with Crippen LogP contribution in [0.25, 0.3) is 0 Å². The summed E-state index contributed by atoms with van der Waals surface area (Å²) in [6.07, 6.45) is -2.02. The van der Waals surface area contributed by atoms with Crippen LogP contribution in [0.15, 0.2) is 22.7 Å². The van der Waals surface area contributed by atoms with Crippen molar-refractivity contribution in [3.8, 4) is 11.5 Å². The van der Waals surface area contributed by atoms with Crippen molar-refractivity contribution in [1.29, 1.82) is 0 Å². The number of hydrogen-bond donors (Lipinski definition) is 2. The SMILES string of the molecule is NC(=O)Oc1ccc(Br)cc1OC(N)=O. The molecule has 0 unspecified atom stereocenters. The molecule has 1 rings (SSSR count). The second kappa shape index (κ2) is 4.65. The van der Waals surface area contributed by atoms with Gasteiger partial charge in [0.2, 0.25) is 0 Å². The third kappa shape index (κ3) is 3.47. The van der Waals surface area contributed by atoms with Gasteiger partial charge in [-0.25, -0.2) is 9.59 Å². The van der Waals surface area contributed by atoms with Crippen LogP contribution in [-0.2, 0) is 0 Å². The van der Waals surface area contributed by atoms with E-state index in [0.717, 1.165) is 0 Å². The number of rotatable bonds is 2. The Hall–Kier alpha value is -1.76. The van der Waals surface area contributed by atoms with Crippen molar-refractivity contribution in [1.82, 2.24) is 0 Å². The lowest BCUT2D eigenvalue weighted by Crippen LogP contribution is -2.19. The fourth-order valence-electron chi connectivity index (χ4n) is 0.863. The van der Waals surface area contributed by atoms with Crippen LogP contribution in [0, 0.1) is 0 Å². The molecule has 0 saturated heterocycles. The number of ether oxygens (including phenoxy) is 2. The minimum absolute atomic E-state index is 0.00988. The summed E-state index contributed by atoms with van der Waals surface area (Å²) in [6.45, 7) is 0. The number of amides is 2. The normalized spacial score (nSPS) is 9.40. The lowest BCUT2D eigenvalue weighted by molar-refractivity contribution is 0.200. The first-order valence-electron chi connectivity index (χ1n) is 3.73. The fourth-order valence-corrected chi connectivity index (χ4v) is 1.20. The fraction of sp³-hybridized carbons (Fsp3) is 0. The summed E-state index contributed by atoms with van der Waals surface area (Å²) >= 11 is 3.15. The molecule has 0 atom stereocenters. The van der Waals surface area contributed by atoms with Gasteiger partial charge >= 0.3 is 12.2 Å². The third-order valence-electron chi connectivity index (χ3n) is 1.33. The Bertz CT molecular complexity index is 408. The number of primary amides is 2. The molecule has 0 aliphatic carbocycles. The van der Waals surface area contributed by atoms with Gasteiger partial charge in [-0.05, 0) is 18.2 Å². The number of carbonyl (C=O) groups excluding carboxylic acids is 2. The number of halogens is 1. The van der Waals surface area contributed by atoms with Crippen LogP contribution in [0.1, 0.15) is 0 Å². The van der Waals surface area contributed by atoms with Crippen molar-refractivity contribution in [3.63, 3.8) is 0 Å². The smallest absolute Gasteiger partial charge is 0.406 e. The molecular weight excluding hydrogens is 268 g/mol. The molecule has 6 nitrogen and oxygen atoms in total. The Morgan fingerprint density at radius 2 is 1.60 bits per heavy atom. The van der Waals surface area contributed by atoms with Crippen LogP contribution in [0.5, 0.6) is 11.5 Å². The van der Waals surface area contributed by atoms with Gasteiger partial charge in [0, 0.05) is 4.47 Å². The summed E-state index contributed by atoms with van der Waals surface area (Å²) in [4.78, 5) is 21.0. The molecule has 2 amide bonds. The van der Waals surface area contributed by atoms with Gasteiger partial charge in [-0.1, -0.05) is 15.9 Å². The Morgan fingerprint density at radius 1 is 1.07 bits per heavy atom. The minimum Gasteiger partial charge on any atom is -0.406 e. The molecule has 0 bridgehead atoms. The highest BCUT2D eigenvalue weighted by Crippen LogP contribution is 2.30. The molecule has 7 heteroatoms. The minimum atomic E-state index is -1.01. The Balaban J connectivity index is 3.02. The van der Waals surface area contributed by atoms with E-state index in [2.05, 4.69) is 25.4 Å². The average Bonchev–Trinajstić information content (AvgIpc) is 2.08. The summed E-state index contributed by atoms with van der Waals surface area (Å²) in [6, 6.07) is 4.42. The van der Waals surface area contributed by atoms with E-state index < -0.39 is 12.2 Å². The maximum absolute atomic E-state index is 10.5. The lowest BCUT2D eigenvalue weighted by atomic mass is 10.3. The molecule has 0 aliphatic heterocycles. The van der Waals surface area contributed by atoms with E-state index >= 15 is 0 Å². The molecule has 0 saturated carbocycles. The van der Waals surface area contributed by atoms with Crippen molar-refractivity contribution < 1.29 is 19.1 Å². The maximum Gasteiger partial charge on any atom is 0.410 e. The molecule has 4 N–H and O–H groups in total. The predicted molar refractivity (Wildman–Crippen MR) is 54.6 cm³/mol. The zero-order valence-corrected chi connectivity index (χ0v) is 8.98. The van der Waals surface area contributed by atoms with Crippen LogP contribution in [0.4, 0.5) is 9.59 Å². The zero-order valence-electron chi connectivity index (χ0n) is 7.40. The van der Waals surface area contributed by atoms with E-state index in [0.29, 0.717) is 4.47 Å². The van der Waals surface area contributed by atoms with Gasteiger partial charge in [-0.2, -0.15) is 0 Å². The van der Waals surface area contributed by atoms with Gasteiger partial charge in [0.25, 0.3) is 0 Å². The zero-order chi connectivity index (χ0) is 11.4.